The molecule has 2 aromatic carbocycles. The first-order valence-electron chi connectivity index (χ1n) is 9.02. The highest BCUT2D eigenvalue weighted by atomic mass is 79.9. The third-order valence-electron chi connectivity index (χ3n) is 4.49. The Morgan fingerprint density at radius 3 is 2.50 bits per heavy atom. The Balaban J connectivity index is 1.78. The molecule has 30 heavy (non-hydrogen) atoms. The summed E-state index contributed by atoms with van der Waals surface area (Å²) in [6.45, 7) is 0.738. The topological polar surface area (TPSA) is 65.4 Å². The molecule has 1 aromatic heterocycles. The summed E-state index contributed by atoms with van der Waals surface area (Å²) >= 11 is 3.40. The molecule has 0 fully saturated rings. The highest BCUT2D eigenvalue weighted by Gasteiger charge is 2.19. The monoisotopic (exact) mass is 479 g/mol. The lowest BCUT2D eigenvalue weighted by Gasteiger charge is -2.12. The van der Waals surface area contributed by atoms with Crippen molar-refractivity contribution in [3.8, 4) is 17.2 Å². The minimum atomic E-state index is -2.97. The Kier molecular flexibility index (Phi) is 6.71. The van der Waals surface area contributed by atoms with Crippen LogP contribution in [0.4, 0.5) is 8.78 Å². The van der Waals surface area contributed by atoms with E-state index >= 15 is 0 Å². The molecule has 6 nitrogen and oxygen atoms in total. The number of nitrogens with one attached hydrogen (secondary N) is 1. The minimum Gasteiger partial charge on any atom is -0.493 e. The van der Waals surface area contributed by atoms with Crippen LogP contribution in [0.15, 0.2) is 46.9 Å². The maximum atomic E-state index is 12.8. The fraction of sp³-hybridized carbons (Fsp3) is 0.238. The molecule has 0 atom stereocenters. The molecular weight excluding hydrogens is 460 g/mol. The van der Waals surface area contributed by atoms with Crippen LogP contribution in [0.1, 0.15) is 27.3 Å². The highest BCUT2D eigenvalue weighted by molar-refractivity contribution is 9.10. The Bertz CT molecular complexity index is 1050. The number of ether oxygens (including phenoxy) is 2. The van der Waals surface area contributed by atoms with Gasteiger partial charge in [-0.3, -0.25) is 4.79 Å². The van der Waals surface area contributed by atoms with E-state index in [-0.39, 0.29) is 24.0 Å². The quantitative estimate of drug-likeness (QED) is 0.528. The Morgan fingerprint density at radius 1 is 1.17 bits per heavy atom. The van der Waals surface area contributed by atoms with E-state index in [9.17, 15) is 13.6 Å². The van der Waals surface area contributed by atoms with Crippen molar-refractivity contribution in [3.05, 3.63) is 69.5 Å². The van der Waals surface area contributed by atoms with Gasteiger partial charge in [-0.2, -0.15) is 13.9 Å². The van der Waals surface area contributed by atoms with Crippen LogP contribution in [0.2, 0.25) is 0 Å². The van der Waals surface area contributed by atoms with Crippen LogP contribution in [0.25, 0.3) is 5.69 Å². The first kappa shape index (κ1) is 21.8. The van der Waals surface area contributed by atoms with E-state index in [1.54, 1.807) is 17.7 Å². The number of hydrogen-bond donors (Lipinski definition) is 1. The third-order valence-corrected chi connectivity index (χ3v) is 5.02. The summed E-state index contributed by atoms with van der Waals surface area (Å²) in [4.78, 5) is 12.8. The van der Waals surface area contributed by atoms with E-state index < -0.39 is 6.61 Å². The van der Waals surface area contributed by atoms with Crippen LogP contribution in [-0.4, -0.2) is 29.4 Å². The second-order valence-corrected chi connectivity index (χ2v) is 7.40. The van der Waals surface area contributed by atoms with Crippen molar-refractivity contribution in [2.75, 3.05) is 7.11 Å². The van der Waals surface area contributed by atoms with Crippen molar-refractivity contribution in [2.24, 2.45) is 0 Å². The smallest absolute Gasteiger partial charge is 0.387 e. The number of rotatable bonds is 7. The number of halogens is 3. The Morgan fingerprint density at radius 2 is 1.87 bits per heavy atom. The van der Waals surface area contributed by atoms with Gasteiger partial charge in [0.25, 0.3) is 5.91 Å². The molecule has 1 heterocycles. The number of hydrogen-bond acceptors (Lipinski definition) is 4. The SMILES string of the molecule is COc1ccc(CNC(=O)c2c(C)nn(-c3ccc(Br)cc3)c2C)cc1OC(F)F. The number of carbonyl (C=O) groups excluding carboxylic acids is 1. The van der Waals surface area contributed by atoms with Gasteiger partial charge >= 0.3 is 6.61 Å². The zero-order valence-electron chi connectivity index (χ0n) is 16.6. The van der Waals surface area contributed by atoms with Crippen molar-refractivity contribution < 1.29 is 23.0 Å². The summed E-state index contributed by atoms with van der Waals surface area (Å²) in [6, 6.07) is 12.2. The van der Waals surface area contributed by atoms with E-state index in [1.165, 1.54) is 19.2 Å². The van der Waals surface area contributed by atoms with Gasteiger partial charge in [0.2, 0.25) is 0 Å². The van der Waals surface area contributed by atoms with Crippen LogP contribution in [0.5, 0.6) is 11.5 Å². The second kappa shape index (κ2) is 9.25. The molecule has 0 aliphatic rings. The van der Waals surface area contributed by atoms with Crippen LogP contribution in [-0.2, 0) is 6.54 Å². The molecule has 0 bridgehead atoms. The molecule has 0 aliphatic heterocycles. The van der Waals surface area contributed by atoms with E-state index in [2.05, 4.69) is 31.1 Å². The van der Waals surface area contributed by atoms with Crippen molar-refractivity contribution in [1.82, 2.24) is 15.1 Å². The van der Waals surface area contributed by atoms with E-state index in [0.717, 1.165) is 10.2 Å². The Hall–Kier alpha value is -2.94. The summed E-state index contributed by atoms with van der Waals surface area (Å²) in [6.07, 6.45) is 0. The first-order valence-corrected chi connectivity index (χ1v) is 9.81. The number of amides is 1. The van der Waals surface area contributed by atoms with Crippen molar-refractivity contribution in [2.45, 2.75) is 27.0 Å². The number of nitrogens with zero attached hydrogens (tertiary/aromatic N) is 2. The third kappa shape index (κ3) is 4.79. The maximum Gasteiger partial charge on any atom is 0.387 e. The van der Waals surface area contributed by atoms with Crippen LogP contribution < -0.4 is 14.8 Å². The lowest BCUT2D eigenvalue weighted by atomic mass is 10.1. The molecule has 3 aromatic rings. The number of aryl methyl sites for hydroxylation is 1. The van der Waals surface area contributed by atoms with Gasteiger partial charge in [0.1, 0.15) is 0 Å². The van der Waals surface area contributed by atoms with Crippen molar-refractivity contribution >= 4 is 21.8 Å². The van der Waals surface area contributed by atoms with Gasteiger partial charge in [0, 0.05) is 11.0 Å². The van der Waals surface area contributed by atoms with Gasteiger partial charge in [-0.25, -0.2) is 4.68 Å². The standard InChI is InChI=1S/C21H20BrF2N3O3/c1-12-19(13(2)27(26-12)16-7-5-15(22)6-8-16)20(28)25-11-14-4-9-17(29-3)18(10-14)30-21(23)24/h4-10,21H,11H2,1-3H3,(H,25,28). The first-order chi connectivity index (χ1) is 14.3. The summed E-state index contributed by atoms with van der Waals surface area (Å²) in [5.41, 5.74) is 3.18. The molecule has 0 unspecified atom stereocenters. The second-order valence-electron chi connectivity index (χ2n) is 6.48. The molecular formula is C21H20BrF2N3O3. The molecule has 1 amide bonds. The molecule has 0 saturated heterocycles. The number of aromatic nitrogens is 2. The maximum absolute atomic E-state index is 12.8. The molecule has 9 heteroatoms. The number of carbonyl (C=O) groups is 1. The summed E-state index contributed by atoms with van der Waals surface area (Å²) in [5, 5.41) is 7.28. The van der Waals surface area contributed by atoms with Crippen molar-refractivity contribution in [3.63, 3.8) is 0 Å². The molecule has 3 rings (SSSR count). The average Bonchev–Trinajstić information content (AvgIpc) is 3.00. The number of methoxy groups -OCH3 is 1. The lowest BCUT2D eigenvalue weighted by molar-refractivity contribution is -0.0512. The average molecular weight is 480 g/mol. The molecule has 0 saturated carbocycles. The van der Waals surface area contributed by atoms with Gasteiger partial charge in [-0.15, -0.1) is 0 Å². The van der Waals surface area contributed by atoms with Gasteiger partial charge in [0.05, 0.1) is 29.7 Å². The summed E-state index contributed by atoms with van der Waals surface area (Å²) < 4.78 is 37.3. The number of benzene rings is 2. The van der Waals surface area contributed by atoms with Crippen LogP contribution >= 0.6 is 15.9 Å². The van der Waals surface area contributed by atoms with E-state index in [4.69, 9.17) is 4.74 Å². The predicted octanol–water partition coefficient (Wildman–Crippen LogP) is 4.79. The lowest BCUT2D eigenvalue weighted by Crippen LogP contribution is -2.24. The van der Waals surface area contributed by atoms with E-state index in [0.29, 0.717) is 22.5 Å². The van der Waals surface area contributed by atoms with Gasteiger partial charge in [0.15, 0.2) is 11.5 Å². The van der Waals surface area contributed by atoms with Crippen LogP contribution in [0, 0.1) is 13.8 Å². The summed E-state index contributed by atoms with van der Waals surface area (Å²) in [7, 11) is 1.36. The molecule has 1 N–H and O–H groups in total. The zero-order chi connectivity index (χ0) is 21.8. The van der Waals surface area contributed by atoms with Crippen LogP contribution in [0.3, 0.4) is 0 Å². The van der Waals surface area contributed by atoms with Crippen molar-refractivity contribution in [1.29, 1.82) is 0 Å². The van der Waals surface area contributed by atoms with Gasteiger partial charge < -0.3 is 14.8 Å². The van der Waals surface area contributed by atoms with Gasteiger partial charge in [-0.1, -0.05) is 22.0 Å². The number of alkyl halides is 2. The fourth-order valence-corrected chi connectivity index (χ4v) is 3.36. The van der Waals surface area contributed by atoms with Gasteiger partial charge in [-0.05, 0) is 55.8 Å². The highest BCUT2D eigenvalue weighted by Crippen LogP contribution is 2.29. The van der Waals surface area contributed by atoms with E-state index in [1.807, 2.05) is 31.2 Å². The molecule has 158 valence electrons. The zero-order valence-corrected chi connectivity index (χ0v) is 18.2. The predicted molar refractivity (Wildman–Crippen MR) is 112 cm³/mol. The normalized spacial score (nSPS) is 10.9. The minimum absolute atomic E-state index is 0.0883. The largest absolute Gasteiger partial charge is 0.493 e. The Labute approximate surface area is 180 Å². The molecule has 0 spiro atoms. The molecule has 0 aliphatic carbocycles. The molecule has 0 radical (unpaired) electrons. The summed E-state index contributed by atoms with van der Waals surface area (Å²) in [5.74, 6) is -0.206. The fourth-order valence-electron chi connectivity index (χ4n) is 3.09.